The fourth-order valence-electron chi connectivity index (χ4n) is 4.26. The van der Waals surface area contributed by atoms with E-state index in [1.807, 2.05) is 0 Å². The van der Waals surface area contributed by atoms with Crippen LogP contribution in [-0.2, 0) is 11.3 Å². The lowest BCUT2D eigenvalue weighted by molar-refractivity contribution is 0.0508. The molecule has 0 fully saturated rings. The Bertz CT molecular complexity index is 1200. The van der Waals surface area contributed by atoms with Gasteiger partial charge in [0.2, 0.25) is 0 Å². The van der Waals surface area contributed by atoms with Crippen molar-refractivity contribution in [1.29, 1.82) is 0 Å². The van der Waals surface area contributed by atoms with Gasteiger partial charge in [0.1, 0.15) is 5.82 Å². The zero-order valence-electron chi connectivity index (χ0n) is 18.6. The molecule has 31 heavy (non-hydrogen) atoms. The maximum absolute atomic E-state index is 13.9. The van der Waals surface area contributed by atoms with Crippen LogP contribution in [0.5, 0.6) is 0 Å². The number of aryl methyl sites for hydroxylation is 3. The van der Waals surface area contributed by atoms with Gasteiger partial charge in [-0.2, -0.15) is 0 Å². The first-order valence-corrected chi connectivity index (χ1v) is 10.5. The van der Waals surface area contributed by atoms with E-state index in [2.05, 4.69) is 68.6 Å². The molecule has 5 heteroatoms. The van der Waals surface area contributed by atoms with Gasteiger partial charge in [0.25, 0.3) is 0 Å². The number of carbonyl (C=O) groups is 1. The van der Waals surface area contributed by atoms with Gasteiger partial charge < -0.3 is 9.40 Å². The summed E-state index contributed by atoms with van der Waals surface area (Å²) in [7, 11) is 0. The minimum Gasteiger partial charge on any atom is -0.318 e. The van der Waals surface area contributed by atoms with Gasteiger partial charge >= 0.3 is 5.97 Å². The zero-order valence-corrected chi connectivity index (χ0v) is 18.6. The summed E-state index contributed by atoms with van der Waals surface area (Å²) in [5.41, 5.74) is 7.37. The first-order chi connectivity index (χ1) is 14.7. The van der Waals surface area contributed by atoms with Crippen molar-refractivity contribution in [2.75, 3.05) is 0 Å². The molecule has 0 atom stereocenters. The smallest absolute Gasteiger partial charge is 0.318 e. The van der Waals surface area contributed by atoms with Crippen LogP contribution in [0.2, 0.25) is 0 Å². The van der Waals surface area contributed by atoms with E-state index in [0.717, 1.165) is 29.1 Å². The Kier molecular flexibility index (Phi) is 5.29. The van der Waals surface area contributed by atoms with E-state index in [1.165, 1.54) is 29.3 Å². The maximum atomic E-state index is 13.9. The molecule has 0 N–H and O–H groups in total. The lowest BCUT2D eigenvalue weighted by Gasteiger charge is -2.31. The third-order valence-corrected chi connectivity index (χ3v) is 5.97. The van der Waals surface area contributed by atoms with Gasteiger partial charge in [-0.05, 0) is 80.5 Å². The Labute approximate surface area is 182 Å². The number of hydrogen-bond acceptors (Lipinski definition) is 3. The van der Waals surface area contributed by atoms with E-state index in [0.29, 0.717) is 12.1 Å². The highest BCUT2D eigenvalue weighted by atomic mass is 19.1. The van der Waals surface area contributed by atoms with E-state index in [1.54, 1.807) is 6.07 Å². The molecule has 0 saturated carbocycles. The Balaban J connectivity index is 1.74. The van der Waals surface area contributed by atoms with Gasteiger partial charge in [-0.25, -0.2) is 9.18 Å². The van der Waals surface area contributed by atoms with E-state index >= 15 is 0 Å². The third-order valence-electron chi connectivity index (χ3n) is 5.97. The summed E-state index contributed by atoms with van der Waals surface area (Å²) in [6, 6.07) is 14.3. The Hall–Kier alpha value is -3.21. The molecule has 1 aliphatic carbocycles. The lowest BCUT2D eigenvalue weighted by Crippen LogP contribution is -2.28. The van der Waals surface area contributed by atoms with Gasteiger partial charge in [-0.1, -0.05) is 37.2 Å². The van der Waals surface area contributed by atoms with Crippen molar-refractivity contribution in [2.24, 2.45) is 10.6 Å². The number of aromatic nitrogens is 1. The molecule has 0 saturated heterocycles. The number of halogens is 1. The second kappa shape index (κ2) is 7.80. The van der Waals surface area contributed by atoms with E-state index in [4.69, 9.17) is 4.84 Å². The number of benzene rings is 2. The van der Waals surface area contributed by atoms with Gasteiger partial charge in [0.15, 0.2) is 0 Å². The largest absolute Gasteiger partial charge is 0.368 e. The number of nitrogens with zero attached hydrogens (tertiary/aromatic N) is 2. The van der Waals surface area contributed by atoms with Crippen molar-refractivity contribution in [3.05, 3.63) is 88.0 Å². The number of rotatable bonds is 3. The van der Waals surface area contributed by atoms with Gasteiger partial charge in [-0.3, -0.25) is 0 Å². The molecule has 0 unspecified atom stereocenters. The zero-order chi connectivity index (χ0) is 22.3. The Morgan fingerprint density at radius 1 is 1.03 bits per heavy atom. The fourth-order valence-corrected chi connectivity index (χ4v) is 4.26. The van der Waals surface area contributed by atoms with Crippen LogP contribution in [0.3, 0.4) is 0 Å². The quantitative estimate of drug-likeness (QED) is 0.382. The molecule has 3 aromatic rings. The number of oxime groups is 1. The fraction of sp³-hybridized carbons (Fsp3) is 0.308. The average molecular weight is 419 g/mol. The van der Waals surface area contributed by atoms with Crippen LogP contribution in [0.1, 0.15) is 58.7 Å². The molecular weight excluding hydrogens is 391 g/mol. The molecule has 4 nitrogen and oxygen atoms in total. The summed E-state index contributed by atoms with van der Waals surface area (Å²) in [6.07, 6.45) is 1.55. The third kappa shape index (κ3) is 4.05. The van der Waals surface area contributed by atoms with Crippen LogP contribution in [-0.4, -0.2) is 16.2 Å². The summed E-state index contributed by atoms with van der Waals surface area (Å²) in [5, 5.41) is 4.20. The van der Waals surface area contributed by atoms with E-state index < -0.39 is 11.8 Å². The van der Waals surface area contributed by atoms with Crippen molar-refractivity contribution < 1.29 is 14.0 Å². The maximum Gasteiger partial charge on any atom is 0.368 e. The molecule has 0 radical (unpaired) electrons. The molecule has 2 aromatic carbocycles. The standard InChI is InChI=1S/C26H27FN2O2/c1-16-10-11-19(12-17(16)2)29-18(3)13-21-23(14-26(4,5)15-24(21)29)28-31-25(30)20-8-6-7-9-22(20)27/h6-13H,14-15H2,1-5H3/b28-23+. The van der Waals surface area contributed by atoms with Crippen LogP contribution in [0.25, 0.3) is 5.69 Å². The summed E-state index contributed by atoms with van der Waals surface area (Å²) >= 11 is 0. The molecule has 1 aromatic heterocycles. The predicted octanol–water partition coefficient (Wildman–Crippen LogP) is 6.08. The molecule has 0 amide bonds. The van der Waals surface area contributed by atoms with Crippen LogP contribution in [0.15, 0.2) is 53.7 Å². The monoisotopic (exact) mass is 418 g/mol. The number of fused-ring (bicyclic) bond motifs is 1. The van der Waals surface area contributed by atoms with Gasteiger partial charge in [0.05, 0.1) is 11.3 Å². The lowest BCUT2D eigenvalue weighted by atomic mass is 9.76. The molecule has 0 aliphatic heterocycles. The van der Waals surface area contributed by atoms with Crippen molar-refractivity contribution in [3.63, 3.8) is 0 Å². The first-order valence-electron chi connectivity index (χ1n) is 10.5. The average Bonchev–Trinajstić information content (AvgIpc) is 3.03. The summed E-state index contributed by atoms with van der Waals surface area (Å²) < 4.78 is 16.2. The molecular formula is C26H27FN2O2. The van der Waals surface area contributed by atoms with Crippen LogP contribution in [0.4, 0.5) is 4.39 Å². The molecule has 0 spiro atoms. The summed E-state index contributed by atoms with van der Waals surface area (Å²) in [4.78, 5) is 17.6. The molecule has 1 aliphatic rings. The molecule has 1 heterocycles. The summed E-state index contributed by atoms with van der Waals surface area (Å²) in [5.74, 6) is -1.41. The van der Waals surface area contributed by atoms with Crippen molar-refractivity contribution >= 4 is 11.7 Å². The van der Waals surface area contributed by atoms with E-state index in [-0.39, 0.29) is 11.0 Å². The minimum absolute atomic E-state index is 0.0570. The predicted molar refractivity (Wildman–Crippen MR) is 120 cm³/mol. The molecule has 160 valence electrons. The van der Waals surface area contributed by atoms with Crippen LogP contribution in [0, 0.1) is 32.0 Å². The van der Waals surface area contributed by atoms with Crippen molar-refractivity contribution in [3.8, 4) is 5.69 Å². The van der Waals surface area contributed by atoms with Crippen molar-refractivity contribution in [2.45, 2.75) is 47.5 Å². The second-order valence-electron chi connectivity index (χ2n) is 9.16. The highest BCUT2D eigenvalue weighted by Gasteiger charge is 2.34. The van der Waals surface area contributed by atoms with Crippen LogP contribution < -0.4 is 0 Å². The minimum atomic E-state index is -0.791. The first kappa shape index (κ1) is 21.0. The van der Waals surface area contributed by atoms with Crippen molar-refractivity contribution in [1.82, 2.24) is 4.57 Å². The summed E-state index contributed by atoms with van der Waals surface area (Å²) in [6.45, 7) is 10.6. The topological polar surface area (TPSA) is 43.6 Å². The Morgan fingerprint density at radius 3 is 2.48 bits per heavy atom. The highest BCUT2D eigenvalue weighted by Crippen LogP contribution is 2.38. The van der Waals surface area contributed by atoms with E-state index in [9.17, 15) is 9.18 Å². The SMILES string of the molecule is Cc1ccc(-n2c(C)cc3c2CC(C)(C)C/C3=N\OC(=O)c2ccccc2F)cc1C. The normalized spacial score (nSPS) is 16.3. The molecule has 0 bridgehead atoms. The Morgan fingerprint density at radius 2 is 1.77 bits per heavy atom. The molecule has 4 rings (SSSR count). The highest BCUT2D eigenvalue weighted by molar-refractivity contribution is 6.03. The number of carbonyl (C=O) groups excluding carboxylic acids is 1. The number of hydrogen-bond donors (Lipinski definition) is 0. The second-order valence-corrected chi connectivity index (χ2v) is 9.16. The van der Waals surface area contributed by atoms with Gasteiger partial charge in [0, 0.05) is 22.6 Å². The van der Waals surface area contributed by atoms with Gasteiger partial charge in [-0.15, -0.1) is 0 Å². The van der Waals surface area contributed by atoms with Crippen LogP contribution >= 0.6 is 0 Å².